The van der Waals surface area contributed by atoms with Crippen LogP contribution in [0.25, 0.3) is 0 Å². The van der Waals surface area contributed by atoms with Crippen LogP contribution in [0.5, 0.6) is 0 Å². The minimum atomic E-state index is -1.67. The second-order valence-corrected chi connectivity index (χ2v) is 4.63. The van der Waals surface area contributed by atoms with Gasteiger partial charge in [-0.05, 0) is 25.1 Å². The molecule has 3 rings (SSSR count). The molecule has 1 amide bonds. The quantitative estimate of drug-likeness (QED) is 0.739. The molecule has 1 aliphatic heterocycles. The average Bonchev–Trinajstić information content (AvgIpc) is 2.88. The van der Waals surface area contributed by atoms with Crippen LogP contribution in [0.1, 0.15) is 21.6 Å². The highest BCUT2D eigenvalue weighted by atomic mass is 19.2. The van der Waals surface area contributed by atoms with Gasteiger partial charge in [-0.1, -0.05) is 0 Å². The molecular formula is C13H11F3N4O. The first-order chi connectivity index (χ1) is 10.1. The largest absolute Gasteiger partial charge is 0.311 e. The van der Waals surface area contributed by atoms with Gasteiger partial charge in [-0.15, -0.1) is 0 Å². The lowest BCUT2D eigenvalue weighted by molar-refractivity contribution is 0.102. The Kier molecular flexibility index (Phi) is 3.38. The van der Waals surface area contributed by atoms with Crippen molar-refractivity contribution < 1.29 is 18.0 Å². The molecule has 110 valence electrons. The summed E-state index contributed by atoms with van der Waals surface area (Å²) in [6.07, 6.45) is 0.654. The van der Waals surface area contributed by atoms with E-state index in [1.165, 1.54) is 0 Å². The van der Waals surface area contributed by atoms with Gasteiger partial charge in [0.25, 0.3) is 5.91 Å². The van der Waals surface area contributed by atoms with Crippen molar-refractivity contribution in [1.29, 1.82) is 0 Å². The highest BCUT2D eigenvalue weighted by Gasteiger charge is 2.22. The zero-order valence-corrected chi connectivity index (χ0v) is 10.8. The fourth-order valence-electron chi connectivity index (χ4n) is 2.22. The zero-order chi connectivity index (χ0) is 15.0. The van der Waals surface area contributed by atoms with Crippen molar-refractivity contribution in [1.82, 2.24) is 15.5 Å². The Balaban J connectivity index is 1.87. The molecule has 0 saturated heterocycles. The van der Waals surface area contributed by atoms with E-state index in [9.17, 15) is 18.0 Å². The number of hydrogen-bond donors (Lipinski definition) is 3. The maximum atomic E-state index is 13.6. The molecule has 0 radical (unpaired) electrons. The Labute approximate surface area is 117 Å². The maximum absolute atomic E-state index is 13.6. The van der Waals surface area contributed by atoms with Crippen LogP contribution < -0.4 is 10.6 Å². The zero-order valence-electron chi connectivity index (χ0n) is 10.8. The minimum absolute atomic E-state index is 0.278. The normalized spacial score (nSPS) is 13.9. The molecule has 1 aromatic carbocycles. The van der Waals surface area contributed by atoms with Crippen LogP contribution in [0.3, 0.4) is 0 Å². The van der Waals surface area contributed by atoms with E-state index in [4.69, 9.17) is 0 Å². The summed E-state index contributed by atoms with van der Waals surface area (Å²) in [6, 6.07) is 1.60. The summed E-state index contributed by atoms with van der Waals surface area (Å²) in [5.41, 5.74) is 1.09. The first kappa shape index (κ1) is 13.6. The van der Waals surface area contributed by atoms with Crippen molar-refractivity contribution in [3.63, 3.8) is 0 Å². The summed E-state index contributed by atoms with van der Waals surface area (Å²) in [4.78, 5) is 12.0. The first-order valence-corrected chi connectivity index (χ1v) is 6.29. The van der Waals surface area contributed by atoms with Crippen LogP contribution in [0.4, 0.5) is 19.0 Å². The van der Waals surface area contributed by atoms with Gasteiger partial charge in [-0.2, -0.15) is 5.10 Å². The number of fused-ring (bicyclic) bond motifs is 1. The number of rotatable bonds is 2. The standard InChI is InChI=1S/C13H11F3N4O/c14-8-2-1-7(10(15)11(8)16)13(21)18-12-6-3-4-17-5-9(6)19-20-12/h1-2,17H,3-5H2,(H2,18,19,20,21). The molecule has 1 aromatic heterocycles. The van der Waals surface area contributed by atoms with Crippen LogP contribution >= 0.6 is 0 Å². The molecular weight excluding hydrogens is 285 g/mol. The Morgan fingerprint density at radius 1 is 1.24 bits per heavy atom. The van der Waals surface area contributed by atoms with E-state index in [1.54, 1.807) is 0 Å². The van der Waals surface area contributed by atoms with Crippen LogP contribution in [-0.4, -0.2) is 22.6 Å². The lowest BCUT2D eigenvalue weighted by Crippen LogP contribution is -2.24. The second-order valence-electron chi connectivity index (χ2n) is 4.63. The Morgan fingerprint density at radius 3 is 2.86 bits per heavy atom. The van der Waals surface area contributed by atoms with Crippen LogP contribution in [-0.2, 0) is 13.0 Å². The van der Waals surface area contributed by atoms with Crippen molar-refractivity contribution in [3.8, 4) is 0 Å². The lowest BCUT2D eigenvalue weighted by atomic mass is 10.1. The van der Waals surface area contributed by atoms with E-state index in [1.807, 2.05) is 0 Å². The number of nitrogens with one attached hydrogen (secondary N) is 3. The Hall–Kier alpha value is -2.35. The topological polar surface area (TPSA) is 69.8 Å². The SMILES string of the molecule is O=C(Nc1n[nH]c2c1CCNC2)c1ccc(F)c(F)c1F. The van der Waals surface area contributed by atoms with Crippen LogP contribution in [0, 0.1) is 17.5 Å². The number of nitrogens with zero attached hydrogens (tertiary/aromatic N) is 1. The highest BCUT2D eigenvalue weighted by Crippen LogP contribution is 2.22. The summed E-state index contributed by atoms with van der Waals surface area (Å²) in [6.45, 7) is 1.33. The molecule has 1 aliphatic rings. The Morgan fingerprint density at radius 2 is 2.05 bits per heavy atom. The van der Waals surface area contributed by atoms with Gasteiger partial charge in [-0.3, -0.25) is 9.89 Å². The molecule has 0 atom stereocenters. The van der Waals surface area contributed by atoms with Crippen molar-refractivity contribution in [3.05, 3.63) is 46.4 Å². The fourth-order valence-corrected chi connectivity index (χ4v) is 2.22. The molecule has 0 saturated carbocycles. The molecule has 0 spiro atoms. The van der Waals surface area contributed by atoms with Gasteiger partial charge in [-0.25, -0.2) is 13.2 Å². The third kappa shape index (κ3) is 2.38. The summed E-state index contributed by atoms with van der Waals surface area (Å²) in [7, 11) is 0. The predicted molar refractivity (Wildman–Crippen MR) is 68.3 cm³/mol. The molecule has 21 heavy (non-hydrogen) atoms. The maximum Gasteiger partial charge on any atom is 0.259 e. The number of hydrogen-bond acceptors (Lipinski definition) is 3. The number of carbonyl (C=O) groups excluding carboxylic acids is 1. The highest BCUT2D eigenvalue weighted by molar-refractivity contribution is 6.04. The molecule has 0 aliphatic carbocycles. The van der Waals surface area contributed by atoms with E-state index >= 15 is 0 Å². The van der Waals surface area contributed by atoms with Gasteiger partial charge in [0.15, 0.2) is 23.3 Å². The molecule has 0 bridgehead atoms. The van der Waals surface area contributed by atoms with Gasteiger partial charge in [0.2, 0.25) is 0 Å². The van der Waals surface area contributed by atoms with Gasteiger partial charge in [0.05, 0.1) is 11.3 Å². The average molecular weight is 296 g/mol. The Bertz CT molecular complexity index is 714. The molecule has 2 heterocycles. The molecule has 8 heteroatoms. The molecule has 3 N–H and O–H groups in total. The van der Waals surface area contributed by atoms with E-state index in [2.05, 4.69) is 20.8 Å². The van der Waals surface area contributed by atoms with Crippen molar-refractivity contribution in [2.45, 2.75) is 13.0 Å². The number of benzene rings is 1. The number of anilines is 1. The van der Waals surface area contributed by atoms with Crippen molar-refractivity contribution in [2.75, 3.05) is 11.9 Å². The number of carbonyl (C=O) groups is 1. The fraction of sp³-hybridized carbons (Fsp3) is 0.231. The monoisotopic (exact) mass is 296 g/mol. The molecule has 2 aromatic rings. The third-order valence-corrected chi connectivity index (χ3v) is 3.32. The summed E-state index contributed by atoms with van der Waals surface area (Å²) < 4.78 is 39.6. The molecule has 0 fully saturated rings. The van der Waals surface area contributed by atoms with Crippen LogP contribution in [0.2, 0.25) is 0 Å². The summed E-state index contributed by atoms with van der Waals surface area (Å²) in [5, 5.41) is 12.3. The van der Waals surface area contributed by atoms with E-state index in [0.717, 1.165) is 23.9 Å². The molecule has 5 nitrogen and oxygen atoms in total. The first-order valence-electron chi connectivity index (χ1n) is 6.29. The number of halogens is 3. The van der Waals surface area contributed by atoms with Gasteiger partial charge >= 0.3 is 0 Å². The second kappa shape index (κ2) is 5.21. The summed E-state index contributed by atoms with van der Waals surface area (Å²) >= 11 is 0. The van der Waals surface area contributed by atoms with Crippen LogP contribution in [0.15, 0.2) is 12.1 Å². The predicted octanol–water partition coefficient (Wildman–Crippen LogP) is 1.72. The molecule has 0 unspecified atom stereocenters. The number of aromatic nitrogens is 2. The van der Waals surface area contributed by atoms with Crippen molar-refractivity contribution in [2.24, 2.45) is 0 Å². The van der Waals surface area contributed by atoms with Crippen molar-refractivity contribution >= 4 is 11.7 Å². The number of aromatic amines is 1. The van der Waals surface area contributed by atoms with Gasteiger partial charge in [0, 0.05) is 12.1 Å². The summed E-state index contributed by atoms with van der Waals surface area (Å²) in [5.74, 6) is -5.12. The van der Waals surface area contributed by atoms with E-state index < -0.39 is 28.9 Å². The third-order valence-electron chi connectivity index (χ3n) is 3.32. The lowest BCUT2D eigenvalue weighted by Gasteiger charge is -2.13. The van der Waals surface area contributed by atoms with E-state index in [-0.39, 0.29) is 5.82 Å². The van der Waals surface area contributed by atoms with Gasteiger partial charge in [0.1, 0.15) is 0 Å². The number of H-pyrrole nitrogens is 1. The van der Waals surface area contributed by atoms with Gasteiger partial charge < -0.3 is 10.6 Å². The number of amides is 1. The smallest absolute Gasteiger partial charge is 0.259 e. The minimum Gasteiger partial charge on any atom is -0.311 e. The van der Waals surface area contributed by atoms with E-state index in [0.29, 0.717) is 19.0 Å².